The molecule has 0 bridgehead atoms. The molecule has 4 atom stereocenters. The number of ketones is 1. The standard InChI is InChI=1S/C20H34O5/c1-2-3-6-9-15(21)12-13-17-16(18(22)14-19(17)23)10-7-4-5-8-11-20(24)25/h8,11,15-17,19,21,23H,2-7,9-10,12-14H2,1H3,(H,24,25)/t15?,16-,17-,19-/m1/s1. The minimum atomic E-state index is -0.938. The van der Waals surface area contributed by atoms with Crippen molar-refractivity contribution in [2.75, 3.05) is 0 Å². The van der Waals surface area contributed by atoms with Gasteiger partial charge in [-0.1, -0.05) is 38.7 Å². The van der Waals surface area contributed by atoms with Crippen molar-refractivity contribution in [2.24, 2.45) is 11.8 Å². The van der Waals surface area contributed by atoms with Crippen LogP contribution in [0.25, 0.3) is 0 Å². The first kappa shape index (κ1) is 21.8. The topological polar surface area (TPSA) is 94.8 Å². The molecule has 0 aliphatic heterocycles. The third-order valence-corrected chi connectivity index (χ3v) is 5.21. The summed E-state index contributed by atoms with van der Waals surface area (Å²) in [4.78, 5) is 22.5. The minimum absolute atomic E-state index is 0.0390. The molecule has 1 saturated carbocycles. The Balaban J connectivity index is 2.34. The average Bonchev–Trinajstić information content (AvgIpc) is 2.82. The van der Waals surface area contributed by atoms with Crippen LogP contribution >= 0.6 is 0 Å². The Labute approximate surface area is 151 Å². The Morgan fingerprint density at radius 2 is 1.96 bits per heavy atom. The molecule has 0 aromatic heterocycles. The number of carbonyl (C=O) groups excluding carboxylic acids is 1. The first-order valence-electron chi connectivity index (χ1n) is 9.74. The van der Waals surface area contributed by atoms with Gasteiger partial charge in [-0.2, -0.15) is 0 Å². The number of hydrogen-bond donors (Lipinski definition) is 3. The van der Waals surface area contributed by atoms with E-state index in [0.29, 0.717) is 19.3 Å². The van der Waals surface area contributed by atoms with E-state index < -0.39 is 12.1 Å². The van der Waals surface area contributed by atoms with Gasteiger partial charge in [-0.3, -0.25) is 4.79 Å². The lowest BCUT2D eigenvalue weighted by molar-refractivity contribution is -0.131. The molecule has 3 N–H and O–H groups in total. The monoisotopic (exact) mass is 354 g/mol. The second-order valence-electron chi connectivity index (χ2n) is 7.26. The molecule has 1 aliphatic rings. The molecule has 144 valence electrons. The lowest BCUT2D eigenvalue weighted by atomic mass is 9.85. The normalized spacial score (nSPS) is 24.9. The zero-order valence-corrected chi connectivity index (χ0v) is 15.4. The Kier molecular flexibility index (Phi) is 10.7. The number of aliphatic hydroxyl groups excluding tert-OH is 2. The van der Waals surface area contributed by atoms with Crippen LogP contribution in [0.5, 0.6) is 0 Å². The van der Waals surface area contributed by atoms with Crippen molar-refractivity contribution in [1.82, 2.24) is 0 Å². The molecular weight excluding hydrogens is 320 g/mol. The summed E-state index contributed by atoms with van der Waals surface area (Å²) >= 11 is 0. The molecule has 0 heterocycles. The van der Waals surface area contributed by atoms with Gasteiger partial charge in [0.15, 0.2) is 0 Å². The molecule has 0 amide bonds. The third-order valence-electron chi connectivity index (χ3n) is 5.21. The minimum Gasteiger partial charge on any atom is -0.478 e. The second kappa shape index (κ2) is 12.2. The Bertz CT molecular complexity index is 432. The zero-order chi connectivity index (χ0) is 18.7. The maximum Gasteiger partial charge on any atom is 0.327 e. The SMILES string of the molecule is CCCCCC(O)CC[C@H]1[C@H](O)CC(=O)[C@@H]1CCCCC=CC(=O)O. The molecule has 0 aromatic rings. The van der Waals surface area contributed by atoms with Crippen molar-refractivity contribution in [1.29, 1.82) is 0 Å². The fraction of sp³-hybridized carbons (Fsp3) is 0.800. The molecule has 0 radical (unpaired) electrons. The summed E-state index contributed by atoms with van der Waals surface area (Å²) in [6, 6.07) is 0. The number of hydrogen-bond acceptors (Lipinski definition) is 4. The first-order valence-corrected chi connectivity index (χ1v) is 9.74. The number of Topliss-reactive ketones (excluding diaryl/α,β-unsaturated/α-hetero) is 1. The maximum absolute atomic E-state index is 12.1. The van der Waals surface area contributed by atoms with E-state index in [-0.39, 0.29) is 30.1 Å². The van der Waals surface area contributed by atoms with Crippen molar-refractivity contribution in [3.63, 3.8) is 0 Å². The van der Waals surface area contributed by atoms with Gasteiger partial charge in [0.2, 0.25) is 0 Å². The molecule has 0 aromatic carbocycles. The quantitative estimate of drug-likeness (QED) is 0.348. The van der Waals surface area contributed by atoms with Crippen LogP contribution in [-0.4, -0.2) is 39.3 Å². The third kappa shape index (κ3) is 8.63. The number of carbonyl (C=O) groups is 2. The molecule has 1 rings (SSSR count). The predicted molar refractivity (Wildman–Crippen MR) is 97.2 cm³/mol. The summed E-state index contributed by atoms with van der Waals surface area (Å²) < 4.78 is 0. The summed E-state index contributed by atoms with van der Waals surface area (Å²) in [5.74, 6) is -0.949. The average molecular weight is 354 g/mol. The van der Waals surface area contributed by atoms with Crippen molar-refractivity contribution in [2.45, 2.75) is 89.8 Å². The van der Waals surface area contributed by atoms with Gasteiger partial charge >= 0.3 is 5.97 Å². The van der Waals surface area contributed by atoms with E-state index in [9.17, 15) is 19.8 Å². The molecule has 5 heteroatoms. The van der Waals surface area contributed by atoms with Gasteiger partial charge in [0, 0.05) is 18.4 Å². The van der Waals surface area contributed by atoms with Gasteiger partial charge < -0.3 is 15.3 Å². The smallest absolute Gasteiger partial charge is 0.327 e. The van der Waals surface area contributed by atoms with Crippen LogP contribution in [0.4, 0.5) is 0 Å². The van der Waals surface area contributed by atoms with E-state index in [2.05, 4.69) is 6.92 Å². The molecule has 1 unspecified atom stereocenters. The number of unbranched alkanes of at least 4 members (excludes halogenated alkanes) is 4. The molecular formula is C20H34O5. The van der Waals surface area contributed by atoms with E-state index in [1.165, 1.54) is 0 Å². The summed E-state index contributed by atoms with van der Waals surface area (Å²) in [7, 11) is 0. The number of allylic oxidation sites excluding steroid dienone is 1. The van der Waals surface area contributed by atoms with E-state index in [0.717, 1.165) is 51.0 Å². The number of aliphatic hydroxyl groups is 2. The van der Waals surface area contributed by atoms with Gasteiger partial charge in [0.1, 0.15) is 5.78 Å². The lowest BCUT2D eigenvalue weighted by Gasteiger charge is -2.22. The molecule has 5 nitrogen and oxygen atoms in total. The molecule has 1 fully saturated rings. The van der Waals surface area contributed by atoms with Crippen LogP contribution in [0.15, 0.2) is 12.2 Å². The summed E-state index contributed by atoms with van der Waals surface area (Å²) in [5.41, 5.74) is 0. The Hall–Kier alpha value is -1.20. The van der Waals surface area contributed by atoms with Crippen LogP contribution in [-0.2, 0) is 9.59 Å². The Morgan fingerprint density at radius 3 is 2.64 bits per heavy atom. The summed E-state index contributed by atoms with van der Waals surface area (Å²) in [5, 5.41) is 28.8. The molecule has 0 spiro atoms. The fourth-order valence-electron chi connectivity index (χ4n) is 3.75. The Morgan fingerprint density at radius 1 is 1.20 bits per heavy atom. The highest BCUT2D eigenvalue weighted by Gasteiger charge is 2.40. The number of aliphatic carboxylic acids is 1. The van der Waals surface area contributed by atoms with Crippen molar-refractivity contribution in [3.8, 4) is 0 Å². The van der Waals surface area contributed by atoms with Crippen LogP contribution in [0.2, 0.25) is 0 Å². The van der Waals surface area contributed by atoms with E-state index in [1.807, 2.05) is 0 Å². The van der Waals surface area contributed by atoms with Gasteiger partial charge in [-0.15, -0.1) is 0 Å². The lowest BCUT2D eigenvalue weighted by Crippen LogP contribution is -2.22. The molecule has 1 aliphatic carbocycles. The van der Waals surface area contributed by atoms with Crippen molar-refractivity contribution in [3.05, 3.63) is 12.2 Å². The van der Waals surface area contributed by atoms with Crippen molar-refractivity contribution < 1.29 is 24.9 Å². The zero-order valence-electron chi connectivity index (χ0n) is 15.4. The van der Waals surface area contributed by atoms with E-state index in [1.54, 1.807) is 6.08 Å². The van der Waals surface area contributed by atoms with Crippen LogP contribution in [0.1, 0.15) is 77.6 Å². The first-order chi connectivity index (χ1) is 12.0. The van der Waals surface area contributed by atoms with Gasteiger partial charge in [-0.05, 0) is 44.4 Å². The van der Waals surface area contributed by atoms with Gasteiger partial charge in [-0.25, -0.2) is 4.79 Å². The van der Waals surface area contributed by atoms with Gasteiger partial charge in [0.25, 0.3) is 0 Å². The summed E-state index contributed by atoms with van der Waals surface area (Å²) in [6.45, 7) is 2.13. The largest absolute Gasteiger partial charge is 0.478 e. The maximum atomic E-state index is 12.1. The van der Waals surface area contributed by atoms with Crippen LogP contribution in [0.3, 0.4) is 0 Å². The molecule has 0 saturated heterocycles. The summed E-state index contributed by atoms with van der Waals surface area (Å²) in [6.07, 6.45) is 10.7. The second-order valence-corrected chi connectivity index (χ2v) is 7.26. The van der Waals surface area contributed by atoms with Crippen LogP contribution < -0.4 is 0 Å². The highest BCUT2D eigenvalue weighted by molar-refractivity contribution is 5.84. The van der Waals surface area contributed by atoms with Crippen LogP contribution in [0, 0.1) is 11.8 Å². The highest BCUT2D eigenvalue weighted by atomic mass is 16.4. The van der Waals surface area contributed by atoms with E-state index >= 15 is 0 Å². The van der Waals surface area contributed by atoms with E-state index in [4.69, 9.17) is 5.11 Å². The fourth-order valence-corrected chi connectivity index (χ4v) is 3.75. The highest BCUT2D eigenvalue weighted by Crippen LogP contribution is 2.36. The van der Waals surface area contributed by atoms with Crippen molar-refractivity contribution >= 4 is 11.8 Å². The van der Waals surface area contributed by atoms with Gasteiger partial charge in [0.05, 0.1) is 12.2 Å². The predicted octanol–water partition coefficient (Wildman–Crippen LogP) is 3.48. The number of rotatable bonds is 13. The number of carboxylic acid groups (broad SMARTS) is 1. The number of carboxylic acids is 1. The molecule has 25 heavy (non-hydrogen) atoms.